The summed E-state index contributed by atoms with van der Waals surface area (Å²) >= 11 is 5.50. The average molecular weight is 242 g/mol. The van der Waals surface area contributed by atoms with Gasteiger partial charge in [-0.25, -0.2) is 0 Å². The Morgan fingerprint density at radius 3 is 2.62 bits per heavy atom. The van der Waals surface area contributed by atoms with E-state index in [4.69, 9.17) is 16.3 Å². The van der Waals surface area contributed by atoms with Gasteiger partial charge < -0.3 is 10.1 Å². The number of aryl methyl sites for hydroxylation is 2. The van der Waals surface area contributed by atoms with Crippen LogP contribution in [0.1, 0.15) is 17.5 Å². The summed E-state index contributed by atoms with van der Waals surface area (Å²) in [5, 5.41) is 2.82. The molecule has 0 radical (unpaired) electrons. The maximum atomic E-state index is 11.4. The largest absolute Gasteiger partial charge is 0.496 e. The summed E-state index contributed by atoms with van der Waals surface area (Å²) in [5.41, 5.74) is 2.79. The number of carbonyl (C=O) groups excluding carboxylic acids is 1. The second kappa shape index (κ2) is 5.75. The molecule has 0 atom stereocenters. The Balaban J connectivity index is 2.89. The lowest BCUT2D eigenvalue weighted by atomic mass is 10.1. The Kier molecular flexibility index (Phi) is 4.62. The molecule has 1 amide bonds. The SMILES string of the molecule is COc1cc(C)c(NC(=O)CCCl)cc1C. The van der Waals surface area contributed by atoms with Crippen molar-refractivity contribution in [3.05, 3.63) is 23.3 Å². The Hall–Kier alpha value is -1.22. The number of alkyl halides is 1. The van der Waals surface area contributed by atoms with Gasteiger partial charge in [-0.1, -0.05) is 0 Å². The molecular formula is C12H16ClNO2. The van der Waals surface area contributed by atoms with Crippen molar-refractivity contribution < 1.29 is 9.53 Å². The second-order valence-corrected chi connectivity index (χ2v) is 4.00. The second-order valence-electron chi connectivity index (χ2n) is 3.62. The molecule has 0 saturated carbocycles. The van der Waals surface area contributed by atoms with E-state index in [-0.39, 0.29) is 5.91 Å². The third-order valence-corrected chi connectivity index (χ3v) is 2.53. The number of nitrogens with one attached hydrogen (secondary N) is 1. The lowest BCUT2D eigenvalue weighted by molar-refractivity contribution is -0.115. The molecule has 16 heavy (non-hydrogen) atoms. The third kappa shape index (κ3) is 3.14. The summed E-state index contributed by atoms with van der Waals surface area (Å²) in [6, 6.07) is 3.81. The van der Waals surface area contributed by atoms with Crippen LogP contribution in [0.15, 0.2) is 12.1 Å². The summed E-state index contributed by atoms with van der Waals surface area (Å²) in [7, 11) is 1.63. The molecular weight excluding hydrogens is 226 g/mol. The standard InChI is InChI=1S/C12H16ClNO2/c1-8-7-11(16-3)9(2)6-10(8)14-12(15)4-5-13/h6-7H,4-5H2,1-3H3,(H,14,15). The van der Waals surface area contributed by atoms with Crippen LogP contribution in [-0.2, 0) is 4.79 Å². The smallest absolute Gasteiger partial charge is 0.225 e. The van der Waals surface area contributed by atoms with E-state index in [0.717, 1.165) is 22.6 Å². The zero-order chi connectivity index (χ0) is 12.1. The van der Waals surface area contributed by atoms with Crippen LogP contribution in [0.5, 0.6) is 5.75 Å². The Morgan fingerprint density at radius 2 is 2.06 bits per heavy atom. The average Bonchev–Trinajstić information content (AvgIpc) is 2.23. The highest BCUT2D eigenvalue weighted by molar-refractivity contribution is 6.19. The molecule has 0 bridgehead atoms. The van der Waals surface area contributed by atoms with Gasteiger partial charge >= 0.3 is 0 Å². The Morgan fingerprint density at radius 1 is 1.38 bits per heavy atom. The summed E-state index contributed by atoms with van der Waals surface area (Å²) < 4.78 is 5.20. The number of ether oxygens (including phenoxy) is 1. The fourth-order valence-electron chi connectivity index (χ4n) is 1.44. The number of benzene rings is 1. The van der Waals surface area contributed by atoms with Gasteiger partial charge in [0.25, 0.3) is 0 Å². The number of carbonyl (C=O) groups is 1. The molecule has 0 aliphatic rings. The molecule has 0 heterocycles. The number of methoxy groups -OCH3 is 1. The molecule has 1 aromatic carbocycles. The first-order valence-corrected chi connectivity index (χ1v) is 5.63. The van der Waals surface area contributed by atoms with E-state index in [1.165, 1.54) is 0 Å². The van der Waals surface area contributed by atoms with E-state index in [2.05, 4.69) is 5.32 Å². The molecule has 1 rings (SSSR count). The van der Waals surface area contributed by atoms with E-state index < -0.39 is 0 Å². The number of hydrogen-bond acceptors (Lipinski definition) is 2. The normalized spacial score (nSPS) is 10.0. The van der Waals surface area contributed by atoms with E-state index in [1.54, 1.807) is 7.11 Å². The molecule has 0 unspecified atom stereocenters. The predicted octanol–water partition coefficient (Wildman–Crippen LogP) is 2.88. The molecule has 1 aromatic rings. The van der Waals surface area contributed by atoms with Gasteiger partial charge in [0.15, 0.2) is 0 Å². The molecule has 0 aromatic heterocycles. The molecule has 0 saturated heterocycles. The van der Waals surface area contributed by atoms with Gasteiger partial charge in [0.2, 0.25) is 5.91 Å². The number of rotatable bonds is 4. The highest BCUT2D eigenvalue weighted by atomic mass is 35.5. The van der Waals surface area contributed by atoms with Crippen LogP contribution < -0.4 is 10.1 Å². The zero-order valence-electron chi connectivity index (χ0n) is 9.76. The first-order chi connectivity index (χ1) is 7.58. The van der Waals surface area contributed by atoms with E-state index in [0.29, 0.717) is 12.3 Å². The minimum absolute atomic E-state index is 0.0670. The van der Waals surface area contributed by atoms with Crippen molar-refractivity contribution in [2.75, 3.05) is 18.3 Å². The third-order valence-electron chi connectivity index (χ3n) is 2.34. The van der Waals surface area contributed by atoms with Crippen LogP contribution in [-0.4, -0.2) is 18.9 Å². The summed E-state index contributed by atoms with van der Waals surface area (Å²) in [6.07, 6.45) is 0.325. The van der Waals surface area contributed by atoms with Crippen LogP contribution >= 0.6 is 11.6 Å². The topological polar surface area (TPSA) is 38.3 Å². The van der Waals surface area contributed by atoms with Gasteiger partial charge in [-0.2, -0.15) is 0 Å². The van der Waals surface area contributed by atoms with Gasteiger partial charge in [-0.15, -0.1) is 11.6 Å². The van der Waals surface area contributed by atoms with Crippen LogP contribution in [0, 0.1) is 13.8 Å². The van der Waals surface area contributed by atoms with Crippen molar-refractivity contribution in [2.24, 2.45) is 0 Å². The Labute approximate surface area is 101 Å². The molecule has 0 fully saturated rings. The van der Waals surface area contributed by atoms with E-state index in [9.17, 15) is 4.79 Å². The maximum Gasteiger partial charge on any atom is 0.225 e. The van der Waals surface area contributed by atoms with E-state index in [1.807, 2.05) is 26.0 Å². The molecule has 0 aliphatic heterocycles. The molecule has 0 spiro atoms. The van der Waals surface area contributed by atoms with Crippen molar-refractivity contribution >= 4 is 23.2 Å². The van der Waals surface area contributed by atoms with Crippen molar-refractivity contribution in [1.82, 2.24) is 0 Å². The van der Waals surface area contributed by atoms with Crippen LogP contribution in [0.25, 0.3) is 0 Å². The van der Waals surface area contributed by atoms with Crippen molar-refractivity contribution in [1.29, 1.82) is 0 Å². The minimum Gasteiger partial charge on any atom is -0.496 e. The first-order valence-electron chi connectivity index (χ1n) is 5.09. The lowest BCUT2D eigenvalue weighted by Crippen LogP contribution is -2.12. The van der Waals surface area contributed by atoms with Gasteiger partial charge in [-0.3, -0.25) is 4.79 Å². The van der Waals surface area contributed by atoms with Crippen molar-refractivity contribution in [2.45, 2.75) is 20.3 Å². The number of halogens is 1. The lowest BCUT2D eigenvalue weighted by Gasteiger charge is -2.12. The quantitative estimate of drug-likeness (QED) is 0.824. The summed E-state index contributed by atoms with van der Waals surface area (Å²) in [4.78, 5) is 11.4. The van der Waals surface area contributed by atoms with Crippen molar-refractivity contribution in [3.8, 4) is 5.75 Å². The highest BCUT2D eigenvalue weighted by Crippen LogP contribution is 2.25. The highest BCUT2D eigenvalue weighted by Gasteiger charge is 2.07. The van der Waals surface area contributed by atoms with Gasteiger partial charge in [-0.05, 0) is 37.1 Å². The van der Waals surface area contributed by atoms with E-state index >= 15 is 0 Å². The molecule has 1 N–H and O–H groups in total. The Bertz CT molecular complexity index is 391. The predicted molar refractivity (Wildman–Crippen MR) is 66.4 cm³/mol. The summed E-state index contributed by atoms with van der Waals surface area (Å²) in [5.74, 6) is 1.09. The number of hydrogen-bond donors (Lipinski definition) is 1. The zero-order valence-corrected chi connectivity index (χ0v) is 10.5. The number of anilines is 1. The molecule has 0 aliphatic carbocycles. The monoisotopic (exact) mass is 241 g/mol. The fourth-order valence-corrected chi connectivity index (χ4v) is 1.61. The van der Waals surface area contributed by atoms with Crippen LogP contribution in [0.3, 0.4) is 0 Å². The fraction of sp³-hybridized carbons (Fsp3) is 0.417. The minimum atomic E-state index is -0.0670. The van der Waals surface area contributed by atoms with Crippen molar-refractivity contribution in [3.63, 3.8) is 0 Å². The maximum absolute atomic E-state index is 11.4. The molecule has 88 valence electrons. The molecule has 4 heteroatoms. The van der Waals surface area contributed by atoms with Gasteiger partial charge in [0.1, 0.15) is 5.75 Å². The van der Waals surface area contributed by atoms with Crippen LogP contribution in [0.2, 0.25) is 0 Å². The summed E-state index contributed by atoms with van der Waals surface area (Å²) in [6.45, 7) is 3.87. The molecule has 3 nitrogen and oxygen atoms in total. The van der Waals surface area contributed by atoms with Gasteiger partial charge in [0.05, 0.1) is 7.11 Å². The first kappa shape index (κ1) is 12.8. The van der Waals surface area contributed by atoms with Crippen LogP contribution in [0.4, 0.5) is 5.69 Å². The van der Waals surface area contributed by atoms with Gasteiger partial charge in [0, 0.05) is 18.0 Å². The number of amides is 1.